The Kier molecular flexibility index (Phi) is 8.76. The van der Waals surface area contributed by atoms with Crippen LogP contribution in [0, 0.1) is 0 Å². The molecule has 2 rings (SSSR count). The number of hydrogen-bond donors (Lipinski definition) is 0. The average molecular weight is 420 g/mol. The van der Waals surface area contributed by atoms with Gasteiger partial charge in [0.2, 0.25) is 0 Å². The molecule has 8 nitrogen and oxygen atoms in total. The van der Waals surface area contributed by atoms with Crippen LogP contribution in [0.3, 0.4) is 0 Å². The molecule has 0 atom stereocenters. The minimum absolute atomic E-state index is 0.0803. The van der Waals surface area contributed by atoms with Crippen LogP contribution < -0.4 is 23.7 Å². The maximum atomic E-state index is 12.4. The third-order valence-corrected chi connectivity index (χ3v) is 4.30. The Morgan fingerprint density at radius 1 is 0.900 bits per heavy atom. The van der Waals surface area contributed by atoms with Gasteiger partial charge in [0.05, 0.1) is 50.9 Å². The highest BCUT2D eigenvalue weighted by atomic mass is 16.7. The fourth-order valence-corrected chi connectivity index (χ4v) is 2.97. The Bertz CT molecular complexity index is 891. The van der Waals surface area contributed by atoms with E-state index in [9.17, 15) is 4.79 Å². The molecule has 0 bridgehead atoms. The summed E-state index contributed by atoms with van der Waals surface area (Å²) < 4.78 is 38.8. The number of Topliss-reactive ketones (excluding diaryl/α,β-unsaturated/α-hetero) is 1. The molecule has 2 aromatic carbocycles. The first-order chi connectivity index (χ1) is 14.5. The van der Waals surface area contributed by atoms with Crippen LogP contribution in [0.1, 0.15) is 17.3 Å². The standard InChI is InChI=1S/C22H28O8/c1-7-8-29-17-11-15(14(2)23)21(30-13-28-10-9-24-3)19-16(25-4)12-18(26-5)22(27-6)20(17)19/h7,11-12H,1,8-10,13H2,2-6H3. The molecule has 0 unspecified atom stereocenters. The zero-order valence-corrected chi connectivity index (χ0v) is 18.0. The predicted molar refractivity (Wildman–Crippen MR) is 113 cm³/mol. The molecule has 0 heterocycles. The molecule has 2 aromatic rings. The largest absolute Gasteiger partial charge is 0.496 e. The van der Waals surface area contributed by atoms with E-state index in [-0.39, 0.29) is 19.2 Å². The summed E-state index contributed by atoms with van der Waals surface area (Å²) in [7, 11) is 6.15. The minimum atomic E-state index is -0.205. The minimum Gasteiger partial charge on any atom is -0.496 e. The molecule has 0 saturated carbocycles. The zero-order valence-electron chi connectivity index (χ0n) is 18.0. The first-order valence-electron chi connectivity index (χ1n) is 9.27. The van der Waals surface area contributed by atoms with Crippen LogP contribution in [-0.4, -0.2) is 60.8 Å². The second-order valence-electron chi connectivity index (χ2n) is 6.13. The molecule has 0 aliphatic carbocycles. The van der Waals surface area contributed by atoms with Crippen LogP contribution in [0.15, 0.2) is 24.8 Å². The number of ketones is 1. The Morgan fingerprint density at radius 3 is 2.17 bits per heavy atom. The summed E-state index contributed by atoms with van der Waals surface area (Å²) in [6.07, 6.45) is 1.61. The van der Waals surface area contributed by atoms with Gasteiger partial charge in [0, 0.05) is 13.2 Å². The number of benzene rings is 2. The molecule has 164 valence electrons. The van der Waals surface area contributed by atoms with E-state index < -0.39 is 0 Å². The van der Waals surface area contributed by atoms with Crippen LogP contribution in [0.4, 0.5) is 0 Å². The molecule has 0 radical (unpaired) electrons. The lowest BCUT2D eigenvalue weighted by Gasteiger charge is -2.21. The van der Waals surface area contributed by atoms with E-state index in [0.29, 0.717) is 58.3 Å². The van der Waals surface area contributed by atoms with E-state index >= 15 is 0 Å². The lowest BCUT2D eigenvalue weighted by molar-refractivity contribution is -0.00810. The number of ether oxygens (including phenoxy) is 7. The van der Waals surface area contributed by atoms with Crippen molar-refractivity contribution >= 4 is 16.6 Å². The van der Waals surface area contributed by atoms with Crippen LogP contribution >= 0.6 is 0 Å². The number of fused-ring (bicyclic) bond motifs is 1. The van der Waals surface area contributed by atoms with Crippen molar-refractivity contribution in [3.8, 4) is 28.7 Å². The van der Waals surface area contributed by atoms with Crippen LogP contribution in [0.2, 0.25) is 0 Å². The molecule has 0 aliphatic rings. The van der Waals surface area contributed by atoms with Crippen molar-refractivity contribution in [2.75, 3.05) is 55.1 Å². The Labute approximate surface area is 176 Å². The molecule has 0 aliphatic heterocycles. The number of methoxy groups -OCH3 is 4. The molecular formula is C22H28O8. The van der Waals surface area contributed by atoms with Gasteiger partial charge in [0.25, 0.3) is 0 Å². The second kappa shape index (κ2) is 11.3. The van der Waals surface area contributed by atoms with Gasteiger partial charge in [0.15, 0.2) is 24.1 Å². The summed E-state index contributed by atoms with van der Waals surface area (Å²) in [4.78, 5) is 12.4. The summed E-state index contributed by atoms with van der Waals surface area (Å²) in [6.45, 7) is 6.05. The molecular weight excluding hydrogens is 392 g/mol. The predicted octanol–water partition coefficient (Wildman–Crippen LogP) is 3.63. The Morgan fingerprint density at radius 2 is 1.60 bits per heavy atom. The third kappa shape index (κ3) is 4.95. The van der Waals surface area contributed by atoms with Gasteiger partial charge < -0.3 is 33.2 Å². The fraction of sp³-hybridized carbons (Fsp3) is 0.409. The molecule has 0 spiro atoms. The lowest BCUT2D eigenvalue weighted by Crippen LogP contribution is -2.11. The summed E-state index contributed by atoms with van der Waals surface area (Å²) in [5, 5.41) is 1.06. The van der Waals surface area contributed by atoms with Gasteiger partial charge >= 0.3 is 0 Å². The van der Waals surface area contributed by atoms with Gasteiger partial charge in [-0.2, -0.15) is 0 Å². The van der Waals surface area contributed by atoms with Gasteiger partial charge in [0.1, 0.15) is 23.9 Å². The number of carbonyl (C=O) groups excluding carboxylic acids is 1. The highest BCUT2D eigenvalue weighted by Crippen LogP contribution is 2.50. The monoisotopic (exact) mass is 420 g/mol. The van der Waals surface area contributed by atoms with Crippen molar-refractivity contribution in [1.29, 1.82) is 0 Å². The van der Waals surface area contributed by atoms with Gasteiger partial charge in [-0.25, -0.2) is 0 Å². The molecule has 0 amide bonds. The number of carbonyl (C=O) groups is 1. The quantitative estimate of drug-likeness (QED) is 0.210. The van der Waals surface area contributed by atoms with Gasteiger partial charge in [-0.15, -0.1) is 0 Å². The Hall–Kier alpha value is -2.97. The highest BCUT2D eigenvalue weighted by Gasteiger charge is 2.26. The average Bonchev–Trinajstić information content (AvgIpc) is 2.76. The fourth-order valence-electron chi connectivity index (χ4n) is 2.97. The topological polar surface area (TPSA) is 81.7 Å². The van der Waals surface area contributed by atoms with E-state index in [1.54, 1.807) is 25.3 Å². The van der Waals surface area contributed by atoms with Crippen molar-refractivity contribution in [1.82, 2.24) is 0 Å². The lowest BCUT2D eigenvalue weighted by atomic mass is 9.99. The molecule has 8 heteroatoms. The SMILES string of the molecule is C=CCOc1cc(C(C)=O)c(OCOCCOC)c2c(OC)cc(OC)c(OC)c12. The van der Waals surface area contributed by atoms with Crippen LogP contribution in [-0.2, 0) is 9.47 Å². The van der Waals surface area contributed by atoms with Crippen LogP contribution in [0.5, 0.6) is 28.7 Å². The first kappa shape index (κ1) is 23.3. The maximum absolute atomic E-state index is 12.4. The Balaban J connectivity index is 2.79. The number of hydrogen-bond acceptors (Lipinski definition) is 8. The van der Waals surface area contributed by atoms with E-state index in [0.717, 1.165) is 0 Å². The van der Waals surface area contributed by atoms with Crippen molar-refractivity contribution in [3.63, 3.8) is 0 Å². The first-order valence-corrected chi connectivity index (χ1v) is 9.27. The van der Waals surface area contributed by atoms with Crippen molar-refractivity contribution in [3.05, 3.63) is 30.4 Å². The summed E-state index contributed by atoms with van der Waals surface area (Å²) in [5.41, 5.74) is 0.322. The zero-order chi connectivity index (χ0) is 22.1. The molecule has 30 heavy (non-hydrogen) atoms. The second-order valence-corrected chi connectivity index (χ2v) is 6.13. The van der Waals surface area contributed by atoms with E-state index in [4.69, 9.17) is 33.2 Å². The van der Waals surface area contributed by atoms with Gasteiger partial charge in [-0.3, -0.25) is 4.79 Å². The number of rotatable bonds is 13. The van der Waals surface area contributed by atoms with Gasteiger partial charge in [-0.1, -0.05) is 12.7 Å². The van der Waals surface area contributed by atoms with Gasteiger partial charge in [-0.05, 0) is 13.0 Å². The smallest absolute Gasteiger partial charge is 0.189 e. The molecule has 0 aromatic heterocycles. The van der Waals surface area contributed by atoms with Crippen molar-refractivity contribution < 1.29 is 38.0 Å². The van der Waals surface area contributed by atoms with E-state index in [1.807, 2.05) is 0 Å². The van der Waals surface area contributed by atoms with Crippen LogP contribution in [0.25, 0.3) is 10.8 Å². The maximum Gasteiger partial charge on any atom is 0.189 e. The van der Waals surface area contributed by atoms with Crippen molar-refractivity contribution in [2.24, 2.45) is 0 Å². The molecule has 0 fully saturated rings. The molecule has 0 N–H and O–H groups in total. The van der Waals surface area contributed by atoms with Crippen molar-refractivity contribution in [2.45, 2.75) is 6.92 Å². The normalized spacial score (nSPS) is 10.6. The van der Waals surface area contributed by atoms with E-state index in [2.05, 4.69) is 6.58 Å². The third-order valence-electron chi connectivity index (χ3n) is 4.30. The summed E-state index contributed by atoms with van der Waals surface area (Å²) >= 11 is 0. The van der Waals surface area contributed by atoms with E-state index in [1.165, 1.54) is 28.3 Å². The molecule has 0 saturated heterocycles. The highest BCUT2D eigenvalue weighted by molar-refractivity contribution is 6.10. The summed E-state index contributed by atoms with van der Waals surface area (Å²) in [5.74, 6) is 1.82. The summed E-state index contributed by atoms with van der Waals surface area (Å²) in [6, 6.07) is 3.28.